The molecule has 0 aromatic heterocycles. The molecule has 0 saturated carbocycles. The number of carbonyl (C=O) groups is 2. The molecule has 2 rings (SSSR count). The van der Waals surface area contributed by atoms with Gasteiger partial charge in [0.25, 0.3) is 0 Å². The van der Waals surface area contributed by atoms with Gasteiger partial charge in [0, 0.05) is 5.69 Å². The molecule has 0 unspecified atom stereocenters. The number of alkyl halides is 3. The van der Waals surface area contributed by atoms with Crippen LogP contribution in [0.1, 0.15) is 69.0 Å². The molecule has 9 heteroatoms. The molecule has 0 heterocycles. The Labute approximate surface area is 216 Å². The maximum absolute atomic E-state index is 13.4. The molecule has 1 atom stereocenters. The van der Waals surface area contributed by atoms with Gasteiger partial charge in [-0.05, 0) is 54.8 Å². The van der Waals surface area contributed by atoms with E-state index in [1.807, 2.05) is 0 Å². The zero-order valence-corrected chi connectivity index (χ0v) is 21.6. The lowest BCUT2D eigenvalue weighted by Crippen LogP contribution is -2.30. The molecule has 0 radical (unpaired) electrons. The van der Waals surface area contributed by atoms with Crippen LogP contribution in [0.25, 0.3) is 0 Å². The Morgan fingerprint density at radius 3 is 2.11 bits per heavy atom. The molecule has 0 spiro atoms. The number of esters is 2. The van der Waals surface area contributed by atoms with E-state index in [9.17, 15) is 22.8 Å². The highest BCUT2D eigenvalue weighted by molar-refractivity contribution is 5.94. The van der Waals surface area contributed by atoms with Crippen molar-refractivity contribution >= 4 is 17.6 Å². The van der Waals surface area contributed by atoms with Crippen LogP contribution in [0.3, 0.4) is 0 Å². The van der Waals surface area contributed by atoms with Crippen molar-refractivity contribution in [2.24, 2.45) is 5.92 Å². The fraction of sp³-hybridized carbons (Fsp3) is 0.500. The zero-order valence-electron chi connectivity index (χ0n) is 21.6. The molecular weight excluding hydrogens is 487 g/mol. The lowest BCUT2D eigenvalue weighted by atomic mass is 9.93. The van der Waals surface area contributed by atoms with Crippen LogP contribution in [0.15, 0.2) is 48.5 Å². The molecule has 2 aromatic carbocycles. The monoisotopic (exact) mass is 523 g/mol. The van der Waals surface area contributed by atoms with E-state index in [1.165, 1.54) is 37.8 Å². The van der Waals surface area contributed by atoms with Gasteiger partial charge in [-0.3, -0.25) is 9.59 Å². The van der Waals surface area contributed by atoms with E-state index in [0.29, 0.717) is 18.0 Å². The number of benzene rings is 2. The Hall–Kier alpha value is -3.23. The number of hydrogen-bond acceptors (Lipinski definition) is 6. The van der Waals surface area contributed by atoms with Crippen LogP contribution in [0, 0.1) is 5.92 Å². The molecule has 2 aromatic rings. The molecule has 0 aliphatic rings. The number of carbonyl (C=O) groups excluding carboxylic acids is 2. The summed E-state index contributed by atoms with van der Waals surface area (Å²) in [5.74, 6) is -2.30. The van der Waals surface area contributed by atoms with E-state index in [2.05, 4.69) is 12.2 Å². The van der Waals surface area contributed by atoms with Crippen molar-refractivity contribution in [1.82, 2.24) is 0 Å². The summed E-state index contributed by atoms with van der Waals surface area (Å²) in [7, 11) is 2.27. The summed E-state index contributed by atoms with van der Waals surface area (Å²) in [4.78, 5) is 24.5. The van der Waals surface area contributed by atoms with Crippen molar-refractivity contribution in [3.63, 3.8) is 0 Å². The molecule has 0 bridgehead atoms. The first-order chi connectivity index (χ1) is 17.7. The van der Waals surface area contributed by atoms with Crippen LogP contribution in [-0.4, -0.2) is 32.8 Å². The normalized spacial score (nSPS) is 12.2. The largest absolute Gasteiger partial charge is 0.494 e. The van der Waals surface area contributed by atoms with Gasteiger partial charge in [-0.15, -0.1) is 0 Å². The number of methoxy groups -OCH3 is 2. The van der Waals surface area contributed by atoms with Crippen molar-refractivity contribution < 1.29 is 37.0 Å². The van der Waals surface area contributed by atoms with Crippen LogP contribution in [0.5, 0.6) is 5.75 Å². The molecule has 0 amide bonds. The molecular formula is C28H36F3NO5. The standard InChI is InChI=1S/C28H36F3NO5/c1-4-5-6-7-8-9-17-37-23-15-13-22(14-16-23)32-25(19-24(26(33)35-2)27(34)36-3)20-11-10-12-21(18-20)28(29,30)31/h10-16,18,24-25,32H,4-9,17,19H2,1-3H3/t25-/m0/s1. The van der Waals surface area contributed by atoms with Crippen LogP contribution in [-0.2, 0) is 25.2 Å². The third-order valence-corrected chi connectivity index (χ3v) is 6.02. The molecule has 0 aliphatic heterocycles. The Kier molecular flexibility index (Phi) is 12.3. The molecule has 6 nitrogen and oxygen atoms in total. The highest BCUT2D eigenvalue weighted by Crippen LogP contribution is 2.34. The molecule has 1 N–H and O–H groups in total. The Balaban J connectivity index is 2.16. The summed E-state index contributed by atoms with van der Waals surface area (Å²) in [6, 6.07) is 11.0. The van der Waals surface area contributed by atoms with Crippen molar-refractivity contribution in [3.05, 3.63) is 59.7 Å². The number of unbranched alkanes of at least 4 members (excludes halogenated alkanes) is 5. The first-order valence-electron chi connectivity index (χ1n) is 12.5. The summed E-state index contributed by atoms with van der Waals surface area (Å²) >= 11 is 0. The van der Waals surface area contributed by atoms with Gasteiger partial charge in [0.15, 0.2) is 5.92 Å². The lowest BCUT2D eigenvalue weighted by Gasteiger charge is -2.24. The average Bonchev–Trinajstić information content (AvgIpc) is 2.90. The van der Waals surface area contributed by atoms with Crippen molar-refractivity contribution in [2.75, 3.05) is 26.1 Å². The zero-order chi connectivity index (χ0) is 27.3. The Bertz CT molecular complexity index is 963. The lowest BCUT2D eigenvalue weighted by molar-refractivity contribution is -0.159. The van der Waals surface area contributed by atoms with Crippen LogP contribution >= 0.6 is 0 Å². The summed E-state index contributed by atoms with van der Waals surface area (Å²) in [6.07, 6.45) is 2.24. The molecule has 37 heavy (non-hydrogen) atoms. The van der Waals surface area contributed by atoms with Crippen molar-refractivity contribution in [1.29, 1.82) is 0 Å². The summed E-state index contributed by atoms with van der Waals surface area (Å²) in [5, 5.41) is 3.15. The number of ether oxygens (including phenoxy) is 3. The second kappa shape index (κ2) is 15.1. The SMILES string of the molecule is CCCCCCCCOc1ccc(N[C@@H](CC(C(=O)OC)C(=O)OC)c2cccc(C(F)(F)F)c2)cc1. The Morgan fingerprint density at radius 1 is 0.892 bits per heavy atom. The topological polar surface area (TPSA) is 73.9 Å². The molecule has 0 saturated heterocycles. The summed E-state index contributed by atoms with van der Waals surface area (Å²) in [5.41, 5.74) is 0.0155. The van der Waals surface area contributed by atoms with E-state index >= 15 is 0 Å². The van der Waals surface area contributed by atoms with E-state index in [0.717, 1.165) is 39.2 Å². The van der Waals surface area contributed by atoms with Gasteiger partial charge in [-0.1, -0.05) is 51.2 Å². The highest BCUT2D eigenvalue weighted by atomic mass is 19.4. The quantitative estimate of drug-likeness (QED) is 0.155. The first kappa shape index (κ1) is 30.0. The van der Waals surface area contributed by atoms with Crippen LogP contribution in [0.2, 0.25) is 0 Å². The predicted octanol–water partition coefficient (Wildman–Crippen LogP) is 6.95. The van der Waals surface area contributed by atoms with E-state index in [1.54, 1.807) is 24.3 Å². The van der Waals surface area contributed by atoms with Crippen LogP contribution < -0.4 is 10.1 Å². The summed E-state index contributed by atoms with van der Waals surface area (Å²) in [6.45, 7) is 2.78. The van der Waals surface area contributed by atoms with Gasteiger partial charge in [0.2, 0.25) is 0 Å². The summed E-state index contributed by atoms with van der Waals surface area (Å²) < 4.78 is 55.3. The van der Waals surface area contributed by atoms with Gasteiger partial charge >= 0.3 is 18.1 Å². The highest BCUT2D eigenvalue weighted by Gasteiger charge is 2.34. The van der Waals surface area contributed by atoms with Gasteiger partial charge in [0.1, 0.15) is 5.75 Å². The fourth-order valence-electron chi connectivity index (χ4n) is 3.94. The smallest absolute Gasteiger partial charge is 0.416 e. The molecule has 0 fully saturated rings. The van der Waals surface area contributed by atoms with Gasteiger partial charge in [-0.25, -0.2) is 0 Å². The second-order valence-corrected chi connectivity index (χ2v) is 8.80. The number of halogens is 3. The maximum Gasteiger partial charge on any atom is 0.416 e. The maximum atomic E-state index is 13.4. The minimum atomic E-state index is -4.54. The van der Waals surface area contributed by atoms with Gasteiger partial charge in [-0.2, -0.15) is 13.2 Å². The third-order valence-electron chi connectivity index (χ3n) is 6.02. The number of hydrogen-bond donors (Lipinski definition) is 1. The van der Waals surface area contributed by atoms with E-state index in [4.69, 9.17) is 14.2 Å². The van der Waals surface area contributed by atoms with Crippen molar-refractivity contribution in [3.8, 4) is 5.75 Å². The molecule has 204 valence electrons. The number of anilines is 1. The predicted molar refractivity (Wildman–Crippen MR) is 135 cm³/mol. The average molecular weight is 524 g/mol. The number of rotatable bonds is 15. The van der Waals surface area contributed by atoms with E-state index in [-0.39, 0.29) is 12.0 Å². The van der Waals surface area contributed by atoms with Crippen molar-refractivity contribution in [2.45, 2.75) is 64.1 Å². The van der Waals surface area contributed by atoms with Gasteiger partial charge in [0.05, 0.1) is 32.4 Å². The first-order valence-corrected chi connectivity index (χ1v) is 12.5. The Morgan fingerprint density at radius 2 is 1.51 bits per heavy atom. The van der Waals surface area contributed by atoms with Gasteiger partial charge < -0.3 is 19.5 Å². The second-order valence-electron chi connectivity index (χ2n) is 8.80. The minimum absolute atomic E-state index is 0.170. The number of nitrogens with one attached hydrogen (secondary N) is 1. The fourth-order valence-corrected chi connectivity index (χ4v) is 3.94. The van der Waals surface area contributed by atoms with Crippen LogP contribution in [0.4, 0.5) is 18.9 Å². The van der Waals surface area contributed by atoms with E-state index < -0.39 is 35.6 Å². The molecule has 0 aliphatic carbocycles. The minimum Gasteiger partial charge on any atom is -0.494 e. The third kappa shape index (κ3) is 9.98.